The fourth-order valence-electron chi connectivity index (χ4n) is 1.75. The number of hydrogen-bond acceptors (Lipinski definition) is 0. The molecular weight excluding hydrogens is 160 g/mol. The molecule has 0 saturated carbocycles. The Morgan fingerprint density at radius 2 is 2.15 bits per heavy atom. The van der Waals surface area contributed by atoms with Crippen LogP contribution in [0, 0.1) is 6.92 Å². The number of aromatic amines is 1. The molecule has 0 bridgehead atoms. The van der Waals surface area contributed by atoms with Crippen LogP contribution >= 0.6 is 0 Å². The fraction of sp³-hybridized carbons (Fsp3) is 0.364. The third-order valence-corrected chi connectivity index (χ3v) is 2.53. The number of fused-ring (bicyclic) bond motifs is 1. The van der Waals surface area contributed by atoms with Gasteiger partial charge in [-0.25, -0.2) is 9.55 Å². The number of rotatable bonds is 1. The van der Waals surface area contributed by atoms with Crippen LogP contribution in [-0.2, 0) is 13.5 Å². The molecule has 0 radical (unpaired) electrons. The van der Waals surface area contributed by atoms with Crippen LogP contribution in [0.3, 0.4) is 0 Å². The van der Waals surface area contributed by atoms with Crippen molar-refractivity contribution in [2.24, 2.45) is 7.05 Å². The highest BCUT2D eigenvalue weighted by Crippen LogP contribution is 2.11. The lowest BCUT2D eigenvalue weighted by atomic mass is 10.2. The first-order chi connectivity index (χ1) is 6.22. The van der Waals surface area contributed by atoms with Gasteiger partial charge in [0.25, 0.3) is 5.82 Å². The van der Waals surface area contributed by atoms with E-state index in [0.29, 0.717) is 0 Å². The van der Waals surface area contributed by atoms with Crippen LogP contribution in [0.5, 0.6) is 0 Å². The van der Waals surface area contributed by atoms with Gasteiger partial charge in [0.05, 0.1) is 7.05 Å². The summed E-state index contributed by atoms with van der Waals surface area (Å²) in [7, 11) is 2.10. The van der Waals surface area contributed by atoms with Crippen LogP contribution in [0.1, 0.15) is 18.3 Å². The largest absolute Gasteiger partial charge is 0.254 e. The van der Waals surface area contributed by atoms with Gasteiger partial charge < -0.3 is 0 Å². The molecule has 2 nitrogen and oxygen atoms in total. The molecule has 1 N–H and O–H groups in total. The first kappa shape index (κ1) is 8.30. The fourth-order valence-corrected chi connectivity index (χ4v) is 1.75. The van der Waals surface area contributed by atoms with Gasteiger partial charge in [0.1, 0.15) is 0 Å². The van der Waals surface area contributed by atoms with Crippen molar-refractivity contribution < 1.29 is 4.57 Å². The maximum atomic E-state index is 3.42. The molecule has 0 spiro atoms. The minimum absolute atomic E-state index is 1.05. The number of hydrogen-bond donors (Lipinski definition) is 1. The monoisotopic (exact) mass is 175 g/mol. The molecule has 1 aromatic heterocycles. The third-order valence-electron chi connectivity index (χ3n) is 2.53. The number of aromatic nitrogens is 2. The van der Waals surface area contributed by atoms with Gasteiger partial charge in [-0.3, -0.25) is 0 Å². The first-order valence-corrected chi connectivity index (χ1v) is 4.69. The summed E-state index contributed by atoms with van der Waals surface area (Å²) in [6, 6.07) is 6.50. The van der Waals surface area contributed by atoms with Crippen molar-refractivity contribution in [2.75, 3.05) is 0 Å². The normalized spacial score (nSPS) is 11.0. The highest BCUT2D eigenvalue weighted by molar-refractivity contribution is 5.72. The van der Waals surface area contributed by atoms with E-state index in [1.165, 1.54) is 22.4 Å². The van der Waals surface area contributed by atoms with Crippen molar-refractivity contribution in [3.8, 4) is 0 Å². The van der Waals surface area contributed by atoms with Gasteiger partial charge in [0, 0.05) is 6.42 Å². The van der Waals surface area contributed by atoms with E-state index in [0.717, 1.165) is 6.42 Å². The molecule has 1 heterocycles. The predicted octanol–water partition coefficient (Wildman–Crippen LogP) is 1.86. The Hall–Kier alpha value is -1.31. The Bertz CT molecular complexity index is 441. The summed E-state index contributed by atoms with van der Waals surface area (Å²) in [5.41, 5.74) is 3.82. The molecule has 68 valence electrons. The zero-order valence-corrected chi connectivity index (χ0v) is 8.39. The van der Waals surface area contributed by atoms with E-state index in [1.807, 2.05) is 0 Å². The van der Waals surface area contributed by atoms with E-state index in [9.17, 15) is 0 Å². The van der Waals surface area contributed by atoms with Crippen molar-refractivity contribution in [3.63, 3.8) is 0 Å². The number of nitrogens with zero attached hydrogens (tertiary/aromatic N) is 1. The summed E-state index contributed by atoms with van der Waals surface area (Å²) < 4.78 is 2.22. The van der Waals surface area contributed by atoms with Crippen molar-refractivity contribution >= 4 is 11.0 Å². The van der Waals surface area contributed by atoms with Crippen molar-refractivity contribution in [3.05, 3.63) is 29.6 Å². The van der Waals surface area contributed by atoms with E-state index >= 15 is 0 Å². The molecule has 13 heavy (non-hydrogen) atoms. The van der Waals surface area contributed by atoms with Crippen LogP contribution in [0.2, 0.25) is 0 Å². The summed E-state index contributed by atoms with van der Waals surface area (Å²) in [6.45, 7) is 4.28. The molecule has 0 aliphatic carbocycles. The molecule has 0 fully saturated rings. The molecule has 2 rings (SSSR count). The smallest absolute Gasteiger partial charge is 0.241 e. The minimum atomic E-state index is 1.05. The summed E-state index contributed by atoms with van der Waals surface area (Å²) in [5.74, 6) is 1.28. The van der Waals surface area contributed by atoms with Crippen molar-refractivity contribution in [1.29, 1.82) is 0 Å². The van der Waals surface area contributed by atoms with E-state index in [2.05, 4.69) is 48.6 Å². The Morgan fingerprint density at radius 1 is 1.38 bits per heavy atom. The highest BCUT2D eigenvalue weighted by Gasteiger charge is 2.12. The third kappa shape index (κ3) is 1.22. The van der Waals surface area contributed by atoms with Gasteiger partial charge in [-0.05, 0) is 24.6 Å². The van der Waals surface area contributed by atoms with E-state index < -0.39 is 0 Å². The molecule has 0 amide bonds. The Labute approximate surface area is 78.2 Å². The van der Waals surface area contributed by atoms with Crippen LogP contribution in [-0.4, -0.2) is 4.98 Å². The second-order valence-electron chi connectivity index (χ2n) is 3.50. The molecule has 0 aliphatic rings. The predicted molar refractivity (Wildman–Crippen MR) is 53.6 cm³/mol. The van der Waals surface area contributed by atoms with Crippen LogP contribution < -0.4 is 4.57 Å². The second-order valence-corrected chi connectivity index (χ2v) is 3.50. The molecule has 0 atom stereocenters. The van der Waals surface area contributed by atoms with Crippen molar-refractivity contribution in [2.45, 2.75) is 20.3 Å². The summed E-state index contributed by atoms with van der Waals surface area (Å²) in [6.07, 6.45) is 1.05. The van der Waals surface area contributed by atoms with Crippen LogP contribution in [0.4, 0.5) is 0 Å². The SMILES string of the molecule is CCc1[nH]c2cc(C)ccc2[n+]1C. The van der Waals surface area contributed by atoms with Gasteiger partial charge in [0.15, 0.2) is 11.0 Å². The molecule has 1 aromatic carbocycles. The van der Waals surface area contributed by atoms with Crippen LogP contribution in [0.15, 0.2) is 18.2 Å². The zero-order chi connectivity index (χ0) is 9.42. The van der Waals surface area contributed by atoms with Gasteiger partial charge >= 0.3 is 0 Å². The number of benzene rings is 1. The maximum absolute atomic E-state index is 3.42. The molecule has 2 heteroatoms. The first-order valence-electron chi connectivity index (χ1n) is 4.69. The highest BCUT2D eigenvalue weighted by atomic mass is 15.1. The molecule has 0 saturated heterocycles. The maximum Gasteiger partial charge on any atom is 0.254 e. The summed E-state index contributed by atoms with van der Waals surface area (Å²) >= 11 is 0. The van der Waals surface area contributed by atoms with E-state index in [1.54, 1.807) is 0 Å². The quantitative estimate of drug-likeness (QED) is 0.638. The van der Waals surface area contributed by atoms with Crippen molar-refractivity contribution in [1.82, 2.24) is 4.98 Å². The average molecular weight is 175 g/mol. The standard InChI is InChI=1S/C11H14N2/c1-4-11-12-9-7-8(2)5-6-10(9)13(11)3/h5-7H,4H2,1-3H3/p+1. The number of H-pyrrole nitrogens is 1. The topological polar surface area (TPSA) is 19.7 Å². The molecule has 2 aromatic rings. The van der Waals surface area contributed by atoms with Gasteiger partial charge in [0.2, 0.25) is 0 Å². The van der Waals surface area contributed by atoms with Gasteiger partial charge in [-0.2, -0.15) is 0 Å². The average Bonchev–Trinajstić information content (AvgIpc) is 2.42. The zero-order valence-electron chi connectivity index (χ0n) is 8.39. The second kappa shape index (κ2) is 2.87. The molecule has 0 unspecified atom stereocenters. The number of aryl methyl sites for hydroxylation is 3. The lowest BCUT2D eigenvalue weighted by molar-refractivity contribution is -0.652. The number of imidazole rings is 1. The van der Waals surface area contributed by atoms with Gasteiger partial charge in [-0.1, -0.05) is 13.0 Å². The summed E-state index contributed by atoms with van der Waals surface area (Å²) in [5, 5.41) is 0. The van der Waals surface area contributed by atoms with Crippen LogP contribution in [0.25, 0.3) is 11.0 Å². The van der Waals surface area contributed by atoms with E-state index in [4.69, 9.17) is 0 Å². The lowest BCUT2D eigenvalue weighted by Crippen LogP contribution is -2.31. The number of nitrogens with one attached hydrogen (secondary N) is 1. The molecule has 0 aliphatic heterocycles. The van der Waals surface area contributed by atoms with Gasteiger partial charge in [-0.15, -0.1) is 0 Å². The summed E-state index contributed by atoms with van der Waals surface area (Å²) in [4.78, 5) is 3.42. The Balaban J connectivity index is 2.76. The molecular formula is C11H15N2+. The van der Waals surface area contributed by atoms with E-state index in [-0.39, 0.29) is 0 Å². The lowest BCUT2D eigenvalue weighted by Gasteiger charge is -1.90. The Morgan fingerprint density at radius 3 is 2.85 bits per heavy atom. The Kier molecular flexibility index (Phi) is 1.83. The minimum Gasteiger partial charge on any atom is -0.241 e.